The summed E-state index contributed by atoms with van der Waals surface area (Å²) in [5.74, 6) is -1.19. The third-order valence-corrected chi connectivity index (χ3v) is 3.02. The van der Waals surface area contributed by atoms with Gasteiger partial charge in [0.05, 0.1) is 5.56 Å². The molecule has 0 saturated heterocycles. The van der Waals surface area contributed by atoms with E-state index in [0.29, 0.717) is 12.0 Å². The quantitative estimate of drug-likeness (QED) is 0.811. The minimum absolute atomic E-state index is 0.225. The van der Waals surface area contributed by atoms with Gasteiger partial charge in [0, 0.05) is 5.92 Å². The molecule has 1 N–H and O–H groups in total. The fourth-order valence-corrected chi connectivity index (χ4v) is 2.28. The molecule has 1 fully saturated rings. The first-order valence-electron chi connectivity index (χ1n) is 5.16. The summed E-state index contributed by atoms with van der Waals surface area (Å²) in [5.41, 5.74) is 0.891. The van der Waals surface area contributed by atoms with Crippen LogP contribution in [0, 0.1) is 0 Å². The van der Waals surface area contributed by atoms with Gasteiger partial charge in [0.15, 0.2) is 0 Å². The van der Waals surface area contributed by atoms with E-state index in [9.17, 15) is 9.18 Å². The highest BCUT2D eigenvalue weighted by molar-refractivity contribution is 5.89. The Morgan fingerprint density at radius 2 is 2.07 bits per heavy atom. The predicted molar refractivity (Wildman–Crippen MR) is 54.9 cm³/mol. The number of alkyl halides is 1. The summed E-state index contributed by atoms with van der Waals surface area (Å²) in [7, 11) is 0. The van der Waals surface area contributed by atoms with E-state index in [-0.39, 0.29) is 11.5 Å². The molecule has 1 aliphatic rings. The van der Waals surface area contributed by atoms with Crippen molar-refractivity contribution in [2.24, 2.45) is 0 Å². The lowest BCUT2D eigenvalue weighted by atomic mass is 9.92. The molecule has 0 spiro atoms. The summed E-state index contributed by atoms with van der Waals surface area (Å²) in [6.07, 6.45) is 1.27. The van der Waals surface area contributed by atoms with E-state index in [1.807, 2.05) is 0 Å². The van der Waals surface area contributed by atoms with Crippen LogP contribution in [-0.2, 0) is 0 Å². The topological polar surface area (TPSA) is 37.3 Å². The second-order valence-electron chi connectivity index (χ2n) is 3.95. The van der Waals surface area contributed by atoms with E-state index in [2.05, 4.69) is 0 Å². The first-order valence-corrected chi connectivity index (χ1v) is 5.16. The molecule has 2 nitrogen and oxygen atoms in total. The Balaban J connectivity index is 2.38. The third kappa shape index (κ3) is 1.87. The molecule has 0 heterocycles. The smallest absolute Gasteiger partial charge is 0.335 e. The lowest BCUT2D eigenvalue weighted by molar-refractivity contribution is 0.0694. The Labute approximate surface area is 87.7 Å². The molecule has 0 bridgehead atoms. The van der Waals surface area contributed by atoms with Crippen LogP contribution in [0.1, 0.15) is 41.1 Å². The number of halogens is 1. The van der Waals surface area contributed by atoms with E-state index in [0.717, 1.165) is 12.8 Å². The second-order valence-corrected chi connectivity index (χ2v) is 3.95. The lowest BCUT2D eigenvalue weighted by Gasteiger charge is -2.15. The van der Waals surface area contributed by atoms with E-state index >= 15 is 0 Å². The number of hydrogen-bond donors (Lipinski definition) is 1. The van der Waals surface area contributed by atoms with Crippen LogP contribution >= 0.6 is 0 Å². The molecule has 0 aliphatic heterocycles. The summed E-state index contributed by atoms with van der Waals surface area (Å²) in [4.78, 5) is 11.0. The molecule has 0 radical (unpaired) electrons. The lowest BCUT2D eigenvalue weighted by Crippen LogP contribution is -2.11. The van der Waals surface area contributed by atoms with Crippen LogP contribution in [0.3, 0.4) is 0 Å². The van der Waals surface area contributed by atoms with Gasteiger partial charge in [-0.2, -0.15) is 0 Å². The third-order valence-electron chi connectivity index (χ3n) is 3.02. The predicted octanol–water partition coefficient (Wildman–Crippen LogP) is 2.99. The maximum Gasteiger partial charge on any atom is 0.335 e. The largest absolute Gasteiger partial charge is 0.478 e. The summed E-state index contributed by atoms with van der Waals surface area (Å²) in [6, 6.07) is 6.72. The van der Waals surface area contributed by atoms with Gasteiger partial charge in [0.1, 0.15) is 6.17 Å². The number of benzene rings is 1. The van der Waals surface area contributed by atoms with Crippen molar-refractivity contribution in [3.8, 4) is 0 Å². The first kappa shape index (κ1) is 10.1. The summed E-state index contributed by atoms with van der Waals surface area (Å²) in [5, 5.41) is 8.99. The highest BCUT2D eigenvalue weighted by Gasteiger charge is 2.30. The number of carboxylic acids is 1. The minimum Gasteiger partial charge on any atom is -0.478 e. The number of carboxylic acid groups (broad SMARTS) is 1. The standard InChI is InChI=1S/C12H13FO2/c13-11-7-3-6-9(11)8-4-1-2-5-10(8)12(14)15/h1-2,4-5,9,11H,3,6-7H2,(H,14,15). The highest BCUT2D eigenvalue weighted by atomic mass is 19.1. The Hall–Kier alpha value is -1.38. The number of rotatable bonds is 2. The molecule has 0 amide bonds. The van der Waals surface area contributed by atoms with Gasteiger partial charge in [-0.1, -0.05) is 18.2 Å². The van der Waals surface area contributed by atoms with Crippen molar-refractivity contribution in [3.05, 3.63) is 35.4 Å². The average molecular weight is 208 g/mol. The van der Waals surface area contributed by atoms with Crippen LogP contribution in [0.4, 0.5) is 4.39 Å². The van der Waals surface area contributed by atoms with Crippen LogP contribution in [-0.4, -0.2) is 17.2 Å². The van der Waals surface area contributed by atoms with Gasteiger partial charge in [-0.3, -0.25) is 0 Å². The van der Waals surface area contributed by atoms with Crippen LogP contribution in [0.25, 0.3) is 0 Å². The van der Waals surface area contributed by atoms with Gasteiger partial charge in [-0.05, 0) is 30.9 Å². The van der Waals surface area contributed by atoms with Crippen molar-refractivity contribution >= 4 is 5.97 Å². The number of carbonyl (C=O) groups is 1. The van der Waals surface area contributed by atoms with E-state index in [1.54, 1.807) is 24.3 Å². The van der Waals surface area contributed by atoms with Gasteiger partial charge < -0.3 is 5.11 Å². The highest BCUT2D eigenvalue weighted by Crippen LogP contribution is 2.38. The zero-order valence-electron chi connectivity index (χ0n) is 8.32. The SMILES string of the molecule is O=C(O)c1ccccc1C1CCCC1F. The molecule has 1 saturated carbocycles. The maximum atomic E-state index is 13.5. The molecule has 2 atom stereocenters. The molecule has 0 aromatic heterocycles. The van der Waals surface area contributed by atoms with Crippen LogP contribution in [0.15, 0.2) is 24.3 Å². The minimum atomic E-state index is -0.968. The normalized spacial score (nSPS) is 25.4. The zero-order chi connectivity index (χ0) is 10.8. The molecule has 2 unspecified atom stereocenters. The molecule has 1 aromatic rings. The number of aromatic carboxylic acids is 1. The zero-order valence-corrected chi connectivity index (χ0v) is 8.32. The molecular formula is C12H13FO2. The molecule has 1 aliphatic carbocycles. The van der Waals surface area contributed by atoms with Crippen LogP contribution < -0.4 is 0 Å². The van der Waals surface area contributed by atoms with E-state index in [4.69, 9.17) is 5.11 Å². The van der Waals surface area contributed by atoms with Gasteiger partial charge in [0.25, 0.3) is 0 Å². The molecule has 2 rings (SSSR count). The van der Waals surface area contributed by atoms with Crippen LogP contribution in [0.5, 0.6) is 0 Å². The van der Waals surface area contributed by atoms with Gasteiger partial charge in [-0.25, -0.2) is 9.18 Å². The van der Waals surface area contributed by atoms with Crippen LogP contribution in [0.2, 0.25) is 0 Å². The molecule has 1 aromatic carbocycles. The second kappa shape index (κ2) is 4.01. The Morgan fingerprint density at radius 1 is 1.33 bits per heavy atom. The molecule has 15 heavy (non-hydrogen) atoms. The fraction of sp³-hybridized carbons (Fsp3) is 0.417. The Bertz CT molecular complexity index is 376. The van der Waals surface area contributed by atoms with Crippen molar-refractivity contribution in [2.45, 2.75) is 31.4 Å². The van der Waals surface area contributed by atoms with Crippen molar-refractivity contribution in [1.29, 1.82) is 0 Å². The molecule has 80 valence electrons. The van der Waals surface area contributed by atoms with E-state index in [1.165, 1.54) is 0 Å². The fourth-order valence-electron chi connectivity index (χ4n) is 2.28. The van der Waals surface area contributed by atoms with Crippen molar-refractivity contribution in [3.63, 3.8) is 0 Å². The van der Waals surface area contributed by atoms with Crippen molar-refractivity contribution in [2.75, 3.05) is 0 Å². The summed E-state index contributed by atoms with van der Waals surface area (Å²) < 4.78 is 13.5. The summed E-state index contributed by atoms with van der Waals surface area (Å²) in [6.45, 7) is 0. The van der Waals surface area contributed by atoms with Crippen molar-refractivity contribution < 1.29 is 14.3 Å². The Kier molecular flexibility index (Phi) is 2.71. The number of hydrogen-bond acceptors (Lipinski definition) is 1. The van der Waals surface area contributed by atoms with Gasteiger partial charge in [0.2, 0.25) is 0 Å². The maximum absolute atomic E-state index is 13.5. The van der Waals surface area contributed by atoms with Gasteiger partial charge >= 0.3 is 5.97 Å². The molecule has 3 heteroatoms. The first-order chi connectivity index (χ1) is 7.20. The van der Waals surface area contributed by atoms with Gasteiger partial charge in [-0.15, -0.1) is 0 Å². The Morgan fingerprint density at radius 3 is 2.67 bits per heavy atom. The monoisotopic (exact) mass is 208 g/mol. The van der Waals surface area contributed by atoms with Crippen molar-refractivity contribution in [1.82, 2.24) is 0 Å². The van der Waals surface area contributed by atoms with E-state index < -0.39 is 12.1 Å². The average Bonchev–Trinajstić information content (AvgIpc) is 2.64. The molecular weight excluding hydrogens is 195 g/mol. The summed E-state index contributed by atoms with van der Waals surface area (Å²) >= 11 is 0.